The SMILES string of the molecule is CCC(NC(=O)CNC(=O)c1cc(-c2ccccc2)on1)c1ccc(Cl)cc1. The van der Waals surface area contributed by atoms with Crippen LogP contribution in [0.2, 0.25) is 5.02 Å². The standard InChI is InChI=1S/C21H20ClN3O3/c1-2-17(14-8-10-16(22)11-9-14)24-20(26)13-23-21(27)18-12-19(28-25-18)15-6-4-3-5-7-15/h3-12,17H,2,13H2,1H3,(H,23,27)(H,24,26). The van der Waals surface area contributed by atoms with Gasteiger partial charge in [-0.15, -0.1) is 0 Å². The Kier molecular flexibility index (Phi) is 6.45. The minimum absolute atomic E-state index is 0.122. The number of carbonyl (C=O) groups excluding carboxylic acids is 2. The van der Waals surface area contributed by atoms with Crippen LogP contribution in [0.5, 0.6) is 0 Å². The molecule has 1 heterocycles. The van der Waals surface area contributed by atoms with E-state index in [0.29, 0.717) is 17.2 Å². The summed E-state index contributed by atoms with van der Waals surface area (Å²) in [6.45, 7) is 1.81. The molecule has 2 amide bonds. The van der Waals surface area contributed by atoms with Gasteiger partial charge in [-0.05, 0) is 24.1 Å². The number of hydrogen-bond donors (Lipinski definition) is 2. The van der Waals surface area contributed by atoms with E-state index in [4.69, 9.17) is 16.1 Å². The van der Waals surface area contributed by atoms with Gasteiger partial charge in [0, 0.05) is 16.7 Å². The van der Waals surface area contributed by atoms with E-state index >= 15 is 0 Å². The number of benzene rings is 2. The first-order chi connectivity index (χ1) is 13.6. The molecule has 144 valence electrons. The summed E-state index contributed by atoms with van der Waals surface area (Å²) in [5.41, 5.74) is 1.90. The fourth-order valence-electron chi connectivity index (χ4n) is 2.73. The van der Waals surface area contributed by atoms with Gasteiger partial charge in [0.15, 0.2) is 11.5 Å². The van der Waals surface area contributed by atoms with Crippen molar-refractivity contribution in [1.82, 2.24) is 15.8 Å². The van der Waals surface area contributed by atoms with E-state index in [9.17, 15) is 9.59 Å². The van der Waals surface area contributed by atoms with Gasteiger partial charge in [-0.25, -0.2) is 0 Å². The largest absolute Gasteiger partial charge is 0.355 e. The predicted molar refractivity (Wildman–Crippen MR) is 107 cm³/mol. The Bertz CT molecular complexity index is 939. The van der Waals surface area contributed by atoms with Crippen LogP contribution in [0.3, 0.4) is 0 Å². The van der Waals surface area contributed by atoms with E-state index in [2.05, 4.69) is 15.8 Å². The quantitative estimate of drug-likeness (QED) is 0.631. The topological polar surface area (TPSA) is 84.2 Å². The molecule has 7 heteroatoms. The maximum absolute atomic E-state index is 12.2. The molecule has 0 aliphatic carbocycles. The molecular formula is C21H20ClN3O3. The normalized spacial score (nSPS) is 11.6. The van der Waals surface area contributed by atoms with Crippen LogP contribution in [-0.4, -0.2) is 23.5 Å². The number of amides is 2. The van der Waals surface area contributed by atoms with Gasteiger partial charge < -0.3 is 15.2 Å². The Morgan fingerprint density at radius 1 is 1.11 bits per heavy atom. The van der Waals surface area contributed by atoms with Crippen molar-refractivity contribution in [3.63, 3.8) is 0 Å². The van der Waals surface area contributed by atoms with Gasteiger partial charge in [0.1, 0.15) is 0 Å². The van der Waals surface area contributed by atoms with Crippen molar-refractivity contribution in [3.05, 3.63) is 76.9 Å². The third-order valence-corrected chi connectivity index (χ3v) is 4.48. The highest BCUT2D eigenvalue weighted by Gasteiger charge is 2.16. The summed E-state index contributed by atoms with van der Waals surface area (Å²) in [7, 11) is 0. The zero-order valence-electron chi connectivity index (χ0n) is 15.3. The molecule has 0 spiro atoms. The third-order valence-electron chi connectivity index (χ3n) is 4.23. The Labute approximate surface area is 167 Å². The molecule has 0 aliphatic rings. The van der Waals surface area contributed by atoms with Gasteiger partial charge in [0.25, 0.3) is 5.91 Å². The molecule has 0 saturated heterocycles. The van der Waals surface area contributed by atoms with Crippen LogP contribution in [0.4, 0.5) is 0 Å². The van der Waals surface area contributed by atoms with Gasteiger partial charge in [0.2, 0.25) is 5.91 Å². The maximum Gasteiger partial charge on any atom is 0.273 e. The lowest BCUT2D eigenvalue weighted by molar-refractivity contribution is -0.120. The Balaban J connectivity index is 1.54. The first-order valence-corrected chi connectivity index (χ1v) is 9.29. The average molecular weight is 398 g/mol. The molecule has 28 heavy (non-hydrogen) atoms. The first-order valence-electron chi connectivity index (χ1n) is 8.92. The van der Waals surface area contributed by atoms with Crippen molar-refractivity contribution in [3.8, 4) is 11.3 Å². The molecule has 3 aromatic rings. The number of nitrogens with zero attached hydrogens (tertiary/aromatic N) is 1. The smallest absolute Gasteiger partial charge is 0.273 e. The van der Waals surface area contributed by atoms with Gasteiger partial charge in [-0.3, -0.25) is 9.59 Å². The minimum Gasteiger partial charge on any atom is -0.355 e. The summed E-state index contributed by atoms with van der Waals surface area (Å²) in [4.78, 5) is 24.4. The molecule has 0 bridgehead atoms. The van der Waals surface area contributed by atoms with Crippen molar-refractivity contribution >= 4 is 23.4 Å². The molecule has 3 rings (SSSR count). The van der Waals surface area contributed by atoms with Crippen molar-refractivity contribution in [2.75, 3.05) is 6.54 Å². The summed E-state index contributed by atoms with van der Waals surface area (Å²) >= 11 is 5.90. The summed E-state index contributed by atoms with van der Waals surface area (Å²) in [6, 6.07) is 18.0. The molecule has 0 radical (unpaired) electrons. The fourth-order valence-corrected chi connectivity index (χ4v) is 2.86. The van der Waals surface area contributed by atoms with Crippen LogP contribution in [-0.2, 0) is 4.79 Å². The maximum atomic E-state index is 12.2. The summed E-state index contributed by atoms with van der Waals surface area (Å²) in [5, 5.41) is 9.87. The van der Waals surface area contributed by atoms with E-state index < -0.39 is 5.91 Å². The van der Waals surface area contributed by atoms with E-state index in [1.165, 1.54) is 0 Å². The predicted octanol–water partition coefficient (Wildman–Crippen LogP) is 3.99. The Hall–Kier alpha value is -3.12. The molecular weight excluding hydrogens is 378 g/mol. The van der Waals surface area contributed by atoms with Crippen molar-refractivity contribution < 1.29 is 14.1 Å². The van der Waals surface area contributed by atoms with Crippen LogP contribution < -0.4 is 10.6 Å². The van der Waals surface area contributed by atoms with Crippen LogP contribution in [0.1, 0.15) is 35.4 Å². The van der Waals surface area contributed by atoms with E-state index in [1.807, 2.05) is 49.4 Å². The minimum atomic E-state index is -0.472. The molecule has 0 aliphatic heterocycles. The first kappa shape index (κ1) is 19.6. The molecule has 1 aromatic heterocycles. The monoisotopic (exact) mass is 397 g/mol. The molecule has 0 saturated carbocycles. The second kappa shape index (κ2) is 9.19. The highest BCUT2D eigenvalue weighted by Crippen LogP contribution is 2.20. The third kappa shape index (κ3) is 4.98. The fraction of sp³-hybridized carbons (Fsp3) is 0.190. The van der Waals surface area contributed by atoms with Crippen molar-refractivity contribution in [2.24, 2.45) is 0 Å². The second-order valence-corrected chi connectivity index (χ2v) is 6.64. The molecule has 1 atom stereocenters. The number of nitrogens with one attached hydrogen (secondary N) is 2. The van der Waals surface area contributed by atoms with Crippen LogP contribution in [0, 0.1) is 0 Å². The molecule has 1 unspecified atom stereocenters. The summed E-state index contributed by atoms with van der Waals surface area (Å²) < 4.78 is 5.21. The van der Waals surface area contributed by atoms with Gasteiger partial charge in [0.05, 0.1) is 12.6 Å². The number of rotatable bonds is 7. The van der Waals surface area contributed by atoms with Crippen LogP contribution in [0.15, 0.2) is 65.2 Å². The number of carbonyl (C=O) groups is 2. The molecule has 6 nitrogen and oxygen atoms in total. The zero-order chi connectivity index (χ0) is 19.9. The average Bonchev–Trinajstić information content (AvgIpc) is 3.22. The number of halogens is 1. The molecule has 2 N–H and O–H groups in total. The second-order valence-electron chi connectivity index (χ2n) is 6.21. The molecule has 0 fully saturated rings. The van der Waals surface area contributed by atoms with E-state index in [-0.39, 0.29) is 24.2 Å². The van der Waals surface area contributed by atoms with E-state index in [0.717, 1.165) is 11.1 Å². The number of hydrogen-bond acceptors (Lipinski definition) is 4. The van der Waals surface area contributed by atoms with E-state index in [1.54, 1.807) is 18.2 Å². The summed E-state index contributed by atoms with van der Waals surface area (Å²) in [6.07, 6.45) is 0.713. The van der Waals surface area contributed by atoms with Gasteiger partial charge in [-0.2, -0.15) is 0 Å². The zero-order valence-corrected chi connectivity index (χ0v) is 16.1. The van der Waals surface area contributed by atoms with Gasteiger partial charge >= 0.3 is 0 Å². The van der Waals surface area contributed by atoms with Gasteiger partial charge in [-0.1, -0.05) is 66.1 Å². The Morgan fingerprint density at radius 3 is 2.50 bits per heavy atom. The lowest BCUT2D eigenvalue weighted by Gasteiger charge is -2.17. The lowest BCUT2D eigenvalue weighted by atomic mass is 10.0. The molecule has 2 aromatic carbocycles. The number of aromatic nitrogens is 1. The van der Waals surface area contributed by atoms with Crippen LogP contribution in [0.25, 0.3) is 11.3 Å². The van der Waals surface area contributed by atoms with Crippen LogP contribution >= 0.6 is 11.6 Å². The lowest BCUT2D eigenvalue weighted by Crippen LogP contribution is -2.38. The summed E-state index contributed by atoms with van der Waals surface area (Å²) in [5.74, 6) is -0.272. The van der Waals surface area contributed by atoms with Crippen molar-refractivity contribution in [1.29, 1.82) is 0 Å². The highest BCUT2D eigenvalue weighted by atomic mass is 35.5. The van der Waals surface area contributed by atoms with Crippen molar-refractivity contribution in [2.45, 2.75) is 19.4 Å². The highest BCUT2D eigenvalue weighted by molar-refractivity contribution is 6.30. The Morgan fingerprint density at radius 2 is 1.82 bits per heavy atom.